The number of nitrogens with one attached hydrogen (secondary N) is 3. The maximum atomic E-state index is 13.0. The van der Waals surface area contributed by atoms with E-state index < -0.39 is 6.04 Å². The van der Waals surface area contributed by atoms with Crippen LogP contribution in [0.4, 0.5) is 5.69 Å². The second-order valence-corrected chi connectivity index (χ2v) is 8.45. The van der Waals surface area contributed by atoms with E-state index in [0.29, 0.717) is 26.9 Å². The third-order valence-corrected chi connectivity index (χ3v) is 5.51. The van der Waals surface area contributed by atoms with E-state index in [1.54, 1.807) is 29.7 Å². The van der Waals surface area contributed by atoms with Gasteiger partial charge in [0.1, 0.15) is 6.04 Å². The van der Waals surface area contributed by atoms with Gasteiger partial charge < -0.3 is 10.6 Å². The zero-order chi connectivity index (χ0) is 21.1. The third kappa shape index (κ3) is 4.75. The van der Waals surface area contributed by atoms with Crippen molar-refractivity contribution in [2.24, 2.45) is 0 Å². The number of thiophene rings is 1. The smallest absolute Gasteiger partial charge is 0.253 e. The average molecular weight is 450 g/mol. The molecule has 2 aromatic heterocycles. The fourth-order valence-electron chi connectivity index (χ4n) is 2.76. The van der Waals surface area contributed by atoms with Crippen LogP contribution in [-0.2, 0) is 4.79 Å². The van der Waals surface area contributed by atoms with Crippen LogP contribution in [0.1, 0.15) is 37.2 Å². The number of halogens is 1. The molecule has 3 rings (SSSR count). The molecular weight excluding hydrogens is 430 g/mol. The number of hydrogen-bond donors (Lipinski definition) is 3. The highest BCUT2D eigenvalue weighted by molar-refractivity contribution is 7.71. The minimum absolute atomic E-state index is 0.0433. The van der Waals surface area contributed by atoms with Gasteiger partial charge in [-0.25, -0.2) is 0 Å². The summed E-state index contributed by atoms with van der Waals surface area (Å²) in [4.78, 5) is 26.4. The van der Waals surface area contributed by atoms with E-state index in [0.717, 1.165) is 4.88 Å². The van der Waals surface area contributed by atoms with Crippen LogP contribution in [0, 0.1) is 4.77 Å². The molecule has 1 unspecified atom stereocenters. The van der Waals surface area contributed by atoms with Crippen molar-refractivity contribution in [3.63, 3.8) is 0 Å². The number of amides is 2. The number of H-pyrrole nitrogens is 1. The first kappa shape index (κ1) is 21.2. The van der Waals surface area contributed by atoms with Crippen molar-refractivity contribution < 1.29 is 9.59 Å². The van der Waals surface area contributed by atoms with Crippen molar-refractivity contribution in [3.8, 4) is 10.7 Å². The number of aromatic nitrogens is 3. The van der Waals surface area contributed by atoms with Crippen LogP contribution >= 0.6 is 35.2 Å². The summed E-state index contributed by atoms with van der Waals surface area (Å²) in [5.41, 5.74) is 0.665. The van der Waals surface area contributed by atoms with E-state index in [4.69, 9.17) is 23.8 Å². The first-order chi connectivity index (χ1) is 13.8. The maximum Gasteiger partial charge on any atom is 0.253 e. The molecule has 0 aliphatic heterocycles. The van der Waals surface area contributed by atoms with Gasteiger partial charge in [-0.2, -0.15) is 5.10 Å². The van der Waals surface area contributed by atoms with Gasteiger partial charge in [0.25, 0.3) is 5.91 Å². The highest BCUT2D eigenvalue weighted by Gasteiger charge is 2.23. The quantitative estimate of drug-likeness (QED) is 0.477. The van der Waals surface area contributed by atoms with E-state index in [2.05, 4.69) is 20.8 Å². The Morgan fingerprint density at radius 3 is 2.69 bits per heavy atom. The van der Waals surface area contributed by atoms with Crippen molar-refractivity contribution in [1.29, 1.82) is 0 Å². The second kappa shape index (κ2) is 8.89. The number of anilines is 1. The van der Waals surface area contributed by atoms with Gasteiger partial charge in [-0.1, -0.05) is 17.7 Å². The Bertz CT molecular complexity index is 1090. The predicted molar refractivity (Wildman–Crippen MR) is 118 cm³/mol. The highest BCUT2D eigenvalue weighted by atomic mass is 35.5. The van der Waals surface area contributed by atoms with Crippen molar-refractivity contribution in [3.05, 3.63) is 51.1 Å². The van der Waals surface area contributed by atoms with Crippen LogP contribution < -0.4 is 10.6 Å². The summed E-state index contributed by atoms with van der Waals surface area (Å²) in [6, 6.07) is 7.84. The molecule has 2 amide bonds. The van der Waals surface area contributed by atoms with E-state index >= 15 is 0 Å². The summed E-state index contributed by atoms with van der Waals surface area (Å²) >= 11 is 12.9. The van der Waals surface area contributed by atoms with Crippen LogP contribution in [-0.4, -0.2) is 32.6 Å². The molecule has 0 fully saturated rings. The van der Waals surface area contributed by atoms with Crippen LogP contribution in [0.3, 0.4) is 0 Å². The lowest BCUT2D eigenvalue weighted by Crippen LogP contribution is -2.31. The van der Waals surface area contributed by atoms with Crippen LogP contribution in [0.15, 0.2) is 35.7 Å². The Morgan fingerprint density at radius 2 is 2.03 bits per heavy atom. The molecule has 10 heteroatoms. The molecule has 3 aromatic rings. The number of rotatable bonds is 6. The van der Waals surface area contributed by atoms with Crippen molar-refractivity contribution in [1.82, 2.24) is 20.1 Å². The predicted octanol–water partition coefficient (Wildman–Crippen LogP) is 4.66. The van der Waals surface area contributed by atoms with Crippen molar-refractivity contribution in [2.75, 3.05) is 5.32 Å². The van der Waals surface area contributed by atoms with Gasteiger partial charge in [-0.05, 0) is 62.6 Å². The molecule has 152 valence electrons. The first-order valence-corrected chi connectivity index (χ1v) is 10.6. The molecule has 1 atom stereocenters. The topological polar surface area (TPSA) is 91.8 Å². The first-order valence-electron chi connectivity index (χ1n) is 8.90. The van der Waals surface area contributed by atoms with Gasteiger partial charge in [0.05, 0.1) is 16.1 Å². The monoisotopic (exact) mass is 449 g/mol. The van der Waals surface area contributed by atoms with E-state index in [1.807, 2.05) is 31.4 Å². The zero-order valence-corrected chi connectivity index (χ0v) is 18.4. The summed E-state index contributed by atoms with van der Waals surface area (Å²) in [5, 5.41) is 15.0. The number of benzene rings is 1. The normalized spacial score (nSPS) is 12.0. The maximum absolute atomic E-state index is 13.0. The van der Waals surface area contributed by atoms with Crippen molar-refractivity contribution >= 4 is 52.7 Å². The Balaban J connectivity index is 1.90. The van der Waals surface area contributed by atoms with E-state index in [-0.39, 0.29) is 17.9 Å². The lowest BCUT2D eigenvalue weighted by molar-refractivity contribution is -0.118. The van der Waals surface area contributed by atoms with Gasteiger partial charge in [0, 0.05) is 11.1 Å². The largest absolute Gasteiger partial charge is 0.350 e. The summed E-state index contributed by atoms with van der Waals surface area (Å²) in [6.07, 6.45) is 0. The highest BCUT2D eigenvalue weighted by Crippen LogP contribution is 2.27. The van der Waals surface area contributed by atoms with Crippen molar-refractivity contribution in [2.45, 2.75) is 32.9 Å². The molecule has 3 N–H and O–H groups in total. The molecule has 0 radical (unpaired) electrons. The Kier molecular flexibility index (Phi) is 6.51. The lowest BCUT2D eigenvalue weighted by Gasteiger charge is -2.18. The van der Waals surface area contributed by atoms with Gasteiger partial charge in [-0.3, -0.25) is 19.3 Å². The fourth-order valence-corrected chi connectivity index (χ4v) is 3.93. The molecule has 0 aliphatic carbocycles. The minimum Gasteiger partial charge on any atom is -0.350 e. The fraction of sp³-hybridized carbons (Fsp3) is 0.263. The molecule has 7 nitrogen and oxygen atoms in total. The number of nitrogens with zero attached hydrogens (tertiary/aromatic N) is 2. The molecule has 0 aliphatic rings. The Hall–Kier alpha value is -2.49. The van der Waals surface area contributed by atoms with E-state index in [9.17, 15) is 9.59 Å². The SMILES string of the molecule is CC(C)NC(=O)c1ccc(Cl)cc1NC(=O)C(C)n1c(-c2cccs2)n[nH]c1=S. The molecule has 0 saturated carbocycles. The average Bonchev–Trinajstić information content (AvgIpc) is 3.29. The number of carbonyl (C=O) groups excluding carboxylic acids is 2. The molecule has 2 heterocycles. The summed E-state index contributed by atoms with van der Waals surface area (Å²) in [5.74, 6) is -0.0588. The Labute approximate surface area is 182 Å². The van der Waals surface area contributed by atoms with Gasteiger partial charge in [0.15, 0.2) is 10.6 Å². The molecule has 0 saturated heterocycles. The standard InChI is InChI=1S/C19H20ClN5O2S2/c1-10(2)21-18(27)13-7-6-12(20)9-14(13)22-17(26)11(3)25-16(23-24-19(25)28)15-5-4-8-29-15/h4-11H,1-3H3,(H,21,27)(H,22,26)(H,24,28). The minimum atomic E-state index is -0.668. The van der Waals surface area contributed by atoms with E-state index in [1.165, 1.54) is 11.3 Å². The van der Waals surface area contributed by atoms with Gasteiger partial charge in [0.2, 0.25) is 5.91 Å². The molecule has 1 aromatic carbocycles. The van der Waals surface area contributed by atoms with Gasteiger partial charge >= 0.3 is 0 Å². The summed E-state index contributed by atoms with van der Waals surface area (Å²) < 4.78 is 1.98. The van der Waals surface area contributed by atoms with Crippen LogP contribution in [0.25, 0.3) is 10.7 Å². The Morgan fingerprint density at radius 1 is 1.28 bits per heavy atom. The molecule has 0 spiro atoms. The molecule has 29 heavy (non-hydrogen) atoms. The summed E-state index contributed by atoms with van der Waals surface area (Å²) in [7, 11) is 0. The van der Waals surface area contributed by atoms with Crippen LogP contribution in [0.2, 0.25) is 5.02 Å². The van der Waals surface area contributed by atoms with Crippen LogP contribution in [0.5, 0.6) is 0 Å². The molecule has 0 bridgehead atoms. The van der Waals surface area contributed by atoms with Gasteiger partial charge in [-0.15, -0.1) is 11.3 Å². The third-order valence-electron chi connectivity index (χ3n) is 4.12. The molecular formula is C19H20ClN5O2S2. The number of hydrogen-bond acceptors (Lipinski definition) is 5. The summed E-state index contributed by atoms with van der Waals surface area (Å²) in [6.45, 7) is 5.44. The lowest BCUT2D eigenvalue weighted by atomic mass is 10.1. The zero-order valence-electron chi connectivity index (χ0n) is 16.0. The number of aromatic amines is 1. The second-order valence-electron chi connectivity index (χ2n) is 6.68. The number of carbonyl (C=O) groups is 2.